The van der Waals surface area contributed by atoms with E-state index in [1.165, 1.54) is 0 Å². The Morgan fingerprint density at radius 2 is 1.87 bits per heavy atom. The SMILES string of the molecule is CCN(CC)C(=O)c1cccc(NC(=O)C2CC(=O)N(c3ccc4c(c3)OCO4)C2)c1. The highest BCUT2D eigenvalue weighted by molar-refractivity contribution is 6.04. The largest absolute Gasteiger partial charge is 0.454 e. The molecular formula is C23H25N3O5. The molecule has 1 fully saturated rings. The van der Waals surface area contributed by atoms with E-state index in [0.29, 0.717) is 41.5 Å². The normalized spacial score (nSPS) is 17.0. The summed E-state index contributed by atoms with van der Waals surface area (Å²) in [5.41, 5.74) is 1.74. The van der Waals surface area contributed by atoms with Crippen LogP contribution in [0.1, 0.15) is 30.6 Å². The predicted octanol–water partition coefficient (Wildman–Crippen LogP) is 2.89. The second-order valence-corrected chi connectivity index (χ2v) is 7.49. The first kappa shape index (κ1) is 20.7. The number of amides is 3. The van der Waals surface area contributed by atoms with Gasteiger partial charge >= 0.3 is 0 Å². The van der Waals surface area contributed by atoms with E-state index < -0.39 is 5.92 Å². The lowest BCUT2D eigenvalue weighted by Gasteiger charge is -2.19. The number of nitrogens with one attached hydrogen (secondary N) is 1. The van der Waals surface area contributed by atoms with Crippen LogP contribution in [0.25, 0.3) is 0 Å². The molecule has 0 saturated carbocycles. The molecule has 3 amide bonds. The minimum absolute atomic E-state index is 0.0777. The number of carbonyl (C=O) groups excluding carboxylic acids is 3. The average Bonchev–Trinajstić information content (AvgIpc) is 3.40. The predicted molar refractivity (Wildman–Crippen MR) is 115 cm³/mol. The van der Waals surface area contributed by atoms with Crippen LogP contribution in [-0.4, -0.2) is 49.0 Å². The fourth-order valence-corrected chi connectivity index (χ4v) is 3.85. The summed E-state index contributed by atoms with van der Waals surface area (Å²) in [4.78, 5) is 41.3. The van der Waals surface area contributed by atoms with E-state index in [-0.39, 0.29) is 37.5 Å². The Labute approximate surface area is 180 Å². The molecule has 0 aromatic heterocycles. The number of ether oxygens (including phenoxy) is 2. The quantitative estimate of drug-likeness (QED) is 0.772. The molecule has 31 heavy (non-hydrogen) atoms. The molecule has 2 aliphatic heterocycles. The van der Waals surface area contributed by atoms with Crippen molar-refractivity contribution in [3.05, 3.63) is 48.0 Å². The summed E-state index contributed by atoms with van der Waals surface area (Å²) in [5.74, 6) is 0.302. The van der Waals surface area contributed by atoms with Gasteiger partial charge in [0.05, 0.1) is 5.92 Å². The van der Waals surface area contributed by atoms with Crippen molar-refractivity contribution in [2.24, 2.45) is 5.92 Å². The molecule has 4 rings (SSSR count). The highest BCUT2D eigenvalue weighted by Crippen LogP contribution is 2.37. The van der Waals surface area contributed by atoms with Crippen LogP contribution in [0.2, 0.25) is 0 Å². The van der Waals surface area contributed by atoms with Crippen molar-refractivity contribution < 1.29 is 23.9 Å². The molecule has 1 atom stereocenters. The third-order valence-corrected chi connectivity index (χ3v) is 5.59. The molecule has 8 nitrogen and oxygen atoms in total. The van der Waals surface area contributed by atoms with Crippen molar-refractivity contribution in [3.63, 3.8) is 0 Å². The van der Waals surface area contributed by atoms with Crippen LogP contribution in [0.4, 0.5) is 11.4 Å². The Hall–Kier alpha value is -3.55. The molecule has 1 unspecified atom stereocenters. The highest BCUT2D eigenvalue weighted by atomic mass is 16.7. The van der Waals surface area contributed by atoms with E-state index in [9.17, 15) is 14.4 Å². The van der Waals surface area contributed by atoms with Crippen molar-refractivity contribution in [2.75, 3.05) is 36.6 Å². The third-order valence-electron chi connectivity index (χ3n) is 5.59. The summed E-state index contributed by atoms with van der Waals surface area (Å²) in [5, 5.41) is 2.86. The summed E-state index contributed by atoms with van der Waals surface area (Å²) in [6.45, 7) is 5.53. The molecule has 162 valence electrons. The topological polar surface area (TPSA) is 88.2 Å². The number of fused-ring (bicyclic) bond motifs is 1. The first-order valence-electron chi connectivity index (χ1n) is 10.4. The van der Waals surface area contributed by atoms with E-state index in [1.54, 1.807) is 52.3 Å². The molecule has 8 heteroatoms. The number of hydrogen-bond acceptors (Lipinski definition) is 5. The van der Waals surface area contributed by atoms with Gasteiger partial charge in [0.15, 0.2) is 11.5 Å². The second-order valence-electron chi connectivity index (χ2n) is 7.49. The van der Waals surface area contributed by atoms with Crippen LogP contribution in [0.5, 0.6) is 11.5 Å². The molecular weight excluding hydrogens is 398 g/mol. The zero-order valence-electron chi connectivity index (χ0n) is 17.6. The maximum atomic E-state index is 12.8. The van der Waals surface area contributed by atoms with Gasteiger partial charge in [0.2, 0.25) is 18.6 Å². The number of nitrogens with zero attached hydrogens (tertiary/aromatic N) is 2. The van der Waals surface area contributed by atoms with Gasteiger partial charge in [-0.25, -0.2) is 0 Å². The van der Waals surface area contributed by atoms with Gasteiger partial charge in [0.25, 0.3) is 5.91 Å². The lowest BCUT2D eigenvalue weighted by Crippen LogP contribution is -2.30. The molecule has 2 aromatic carbocycles. The van der Waals surface area contributed by atoms with E-state index in [2.05, 4.69) is 5.32 Å². The third kappa shape index (κ3) is 4.19. The first-order valence-corrected chi connectivity index (χ1v) is 10.4. The summed E-state index contributed by atoms with van der Waals surface area (Å²) >= 11 is 0. The Kier molecular flexibility index (Phi) is 5.79. The Balaban J connectivity index is 1.43. The zero-order chi connectivity index (χ0) is 22.0. The van der Waals surface area contributed by atoms with Gasteiger partial charge in [-0.3, -0.25) is 14.4 Å². The van der Waals surface area contributed by atoms with Crippen LogP contribution in [-0.2, 0) is 9.59 Å². The molecule has 0 bridgehead atoms. The summed E-state index contributed by atoms with van der Waals surface area (Å²) in [6.07, 6.45) is 0.123. The van der Waals surface area contributed by atoms with Crippen LogP contribution in [0.15, 0.2) is 42.5 Å². The van der Waals surface area contributed by atoms with Crippen molar-refractivity contribution in [1.82, 2.24) is 4.90 Å². The van der Waals surface area contributed by atoms with E-state index in [4.69, 9.17) is 9.47 Å². The van der Waals surface area contributed by atoms with Crippen LogP contribution in [0.3, 0.4) is 0 Å². The zero-order valence-corrected chi connectivity index (χ0v) is 17.6. The van der Waals surface area contributed by atoms with Crippen LogP contribution < -0.4 is 19.7 Å². The number of anilines is 2. The van der Waals surface area contributed by atoms with Gasteiger partial charge in [0.1, 0.15) is 0 Å². The molecule has 2 heterocycles. The summed E-state index contributed by atoms with van der Waals surface area (Å²) < 4.78 is 10.7. The minimum Gasteiger partial charge on any atom is -0.454 e. The average molecular weight is 423 g/mol. The molecule has 0 aliphatic carbocycles. The number of hydrogen-bond donors (Lipinski definition) is 1. The molecule has 1 N–H and O–H groups in total. The van der Waals surface area contributed by atoms with Crippen molar-refractivity contribution in [2.45, 2.75) is 20.3 Å². The van der Waals surface area contributed by atoms with Crippen LogP contribution in [0, 0.1) is 5.92 Å². The molecule has 1 saturated heterocycles. The standard InChI is InChI=1S/C23H25N3O5/c1-3-25(4-2)23(29)15-6-5-7-17(10-15)24-22(28)16-11-21(27)26(13-16)18-8-9-19-20(12-18)31-14-30-19/h5-10,12,16H,3-4,11,13-14H2,1-2H3,(H,24,28). The highest BCUT2D eigenvalue weighted by Gasteiger charge is 2.35. The molecule has 2 aliphatic rings. The van der Waals surface area contributed by atoms with Gasteiger partial charge in [-0.2, -0.15) is 0 Å². The van der Waals surface area contributed by atoms with Gasteiger partial charge in [-0.05, 0) is 44.2 Å². The fraction of sp³-hybridized carbons (Fsp3) is 0.348. The minimum atomic E-state index is -0.486. The number of benzene rings is 2. The van der Waals surface area contributed by atoms with Crippen molar-refractivity contribution >= 4 is 29.1 Å². The first-order chi connectivity index (χ1) is 15.0. The van der Waals surface area contributed by atoms with E-state index in [0.717, 1.165) is 0 Å². The summed E-state index contributed by atoms with van der Waals surface area (Å²) in [6, 6.07) is 12.2. The van der Waals surface area contributed by atoms with Gasteiger partial charge in [-0.1, -0.05) is 6.07 Å². The maximum absolute atomic E-state index is 12.8. The lowest BCUT2D eigenvalue weighted by atomic mass is 10.1. The van der Waals surface area contributed by atoms with Gasteiger partial charge < -0.3 is 24.6 Å². The second kappa shape index (κ2) is 8.67. The number of rotatable bonds is 6. The number of carbonyl (C=O) groups is 3. The molecule has 0 spiro atoms. The van der Waals surface area contributed by atoms with E-state index in [1.807, 2.05) is 13.8 Å². The lowest BCUT2D eigenvalue weighted by molar-refractivity contribution is -0.122. The van der Waals surface area contributed by atoms with Gasteiger partial charge in [-0.15, -0.1) is 0 Å². The fourth-order valence-electron chi connectivity index (χ4n) is 3.85. The van der Waals surface area contributed by atoms with Crippen molar-refractivity contribution in [3.8, 4) is 11.5 Å². The Morgan fingerprint density at radius 3 is 2.65 bits per heavy atom. The Morgan fingerprint density at radius 1 is 1.10 bits per heavy atom. The molecule has 2 aromatic rings. The van der Waals surface area contributed by atoms with E-state index >= 15 is 0 Å². The Bertz CT molecular complexity index is 1020. The molecule has 0 radical (unpaired) electrons. The smallest absolute Gasteiger partial charge is 0.253 e. The van der Waals surface area contributed by atoms with Crippen molar-refractivity contribution in [1.29, 1.82) is 0 Å². The van der Waals surface area contributed by atoms with Gasteiger partial charge in [0, 0.05) is 49.1 Å². The maximum Gasteiger partial charge on any atom is 0.253 e. The summed E-state index contributed by atoms with van der Waals surface area (Å²) in [7, 11) is 0. The van der Waals surface area contributed by atoms with Crippen LogP contribution >= 0.6 is 0 Å². The monoisotopic (exact) mass is 423 g/mol.